The predicted octanol–water partition coefficient (Wildman–Crippen LogP) is 3.18. The van der Waals surface area contributed by atoms with E-state index in [1.165, 1.54) is 0 Å². The first-order valence-corrected chi connectivity index (χ1v) is 9.89. The maximum absolute atomic E-state index is 12.5. The number of amides is 2. The number of nitrogens with two attached hydrogens (primary N) is 1. The first kappa shape index (κ1) is 20.9. The summed E-state index contributed by atoms with van der Waals surface area (Å²) >= 11 is 0. The summed E-state index contributed by atoms with van der Waals surface area (Å²) in [5.41, 5.74) is 7.35. The van der Waals surface area contributed by atoms with Gasteiger partial charge in [-0.25, -0.2) is 4.79 Å². The number of hydrogen-bond acceptors (Lipinski definition) is 4. The van der Waals surface area contributed by atoms with E-state index in [0.717, 1.165) is 11.1 Å². The molecule has 3 rings (SSSR count). The van der Waals surface area contributed by atoms with E-state index in [0.29, 0.717) is 13.1 Å². The van der Waals surface area contributed by atoms with Gasteiger partial charge in [0.1, 0.15) is 11.6 Å². The van der Waals surface area contributed by atoms with Crippen molar-refractivity contribution in [1.29, 1.82) is 0 Å². The van der Waals surface area contributed by atoms with Gasteiger partial charge < -0.3 is 15.4 Å². The number of rotatable bonds is 4. The molecule has 2 aromatic rings. The number of primary amides is 1. The molecule has 0 aromatic heterocycles. The largest absolute Gasteiger partial charge is 0.444 e. The molecule has 1 atom stereocenters. The van der Waals surface area contributed by atoms with Crippen molar-refractivity contribution in [2.75, 3.05) is 19.6 Å². The van der Waals surface area contributed by atoms with Gasteiger partial charge >= 0.3 is 6.09 Å². The van der Waals surface area contributed by atoms with Crippen LogP contribution >= 0.6 is 0 Å². The highest BCUT2D eigenvalue weighted by molar-refractivity contribution is 5.81. The van der Waals surface area contributed by atoms with Gasteiger partial charge in [-0.3, -0.25) is 9.69 Å². The highest BCUT2D eigenvalue weighted by atomic mass is 16.6. The highest BCUT2D eigenvalue weighted by Gasteiger charge is 2.39. The van der Waals surface area contributed by atoms with Gasteiger partial charge in [0.15, 0.2) is 0 Å². The zero-order chi connectivity index (χ0) is 21.0. The molecular weight excluding hydrogens is 366 g/mol. The molecule has 6 heteroatoms. The van der Waals surface area contributed by atoms with Crippen molar-refractivity contribution >= 4 is 12.0 Å². The summed E-state index contributed by atoms with van der Waals surface area (Å²) in [5, 5.41) is 0. The van der Waals surface area contributed by atoms with Crippen LogP contribution in [0.25, 0.3) is 0 Å². The fourth-order valence-electron chi connectivity index (χ4n) is 3.70. The van der Waals surface area contributed by atoms with Crippen LogP contribution < -0.4 is 5.73 Å². The van der Waals surface area contributed by atoms with Crippen molar-refractivity contribution in [1.82, 2.24) is 9.80 Å². The predicted molar refractivity (Wildman–Crippen MR) is 112 cm³/mol. The van der Waals surface area contributed by atoms with Crippen molar-refractivity contribution in [3.63, 3.8) is 0 Å². The van der Waals surface area contributed by atoms with Crippen LogP contribution in [0, 0.1) is 0 Å². The Morgan fingerprint density at radius 3 is 1.93 bits per heavy atom. The van der Waals surface area contributed by atoms with Crippen LogP contribution in [0.15, 0.2) is 60.7 Å². The van der Waals surface area contributed by atoms with E-state index >= 15 is 0 Å². The van der Waals surface area contributed by atoms with Crippen molar-refractivity contribution in [2.24, 2.45) is 5.73 Å². The zero-order valence-electron chi connectivity index (χ0n) is 17.2. The van der Waals surface area contributed by atoms with Crippen molar-refractivity contribution in [3.8, 4) is 0 Å². The molecule has 1 saturated heterocycles. The van der Waals surface area contributed by atoms with Crippen molar-refractivity contribution in [3.05, 3.63) is 71.8 Å². The Labute approximate surface area is 172 Å². The second-order valence-electron chi connectivity index (χ2n) is 8.31. The third-order valence-corrected chi connectivity index (χ3v) is 4.96. The van der Waals surface area contributed by atoms with Crippen LogP contribution in [0.3, 0.4) is 0 Å². The normalized spacial score (nSPS) is 17.9. The van der Waals surface area contributed by atoms with E-state index < -0.39 is 23.6 Å². The second-order valence-corrected chi connectivity index (χ2v) is 8.31. The molecule has 0 spiro atoms. The van der Waals surface area contributed by atoms with E-state index in [2.05, 4.69) is 29.2 Å². The SMILES string of the molecule is CC(C)(C)OC(=O)N1CCN(C(c2ccccc2)c2ccccc2)C(C(N)=O)C1. The smallest absolute Gasteiger partial charge is 0.410 e. The summed E-state index contributed by atoms with van der Waals surface area (Å²) in [6.07, 6.45) is -0.417. The summed E-state index contributed by atoms with van der Waals surface area (Å²) in [4.78, 5) is 28.6. The van der Waals surface area contributed by atoms with Gasteiger partial charge in [-0.1, -0.05) is 60.7 Å². The molecule has 0 aliphatic carbocycles. The number of ether oxygens (including phenoxy) is 1. The average Bonchev–Trinajstić information content (AvgIpc) is 2.68. The van der Waals surface area contributed by atoms with Gasteiger partial charge in [0.2, 0.25) is 5.91 Å². The molecule has 1 heterocycles. The number of carbonyl (C=O) groups is 2. The molecule has 2 amide bonds. The van der Waals surface area contributed by atoms with Crippen molar-refractivity contribution < 1.29 is 14.3 Å². The van der Waals surface area contributed by atoms with Crippen LogP contribution in [0.4, 0.5) is 4.79 Å². The minimum atomic E-state index is -0.610. The fraction of sp³-hybridized carbons (Fsp3) is 0.391. The molecule has 1 fully saturated rings. The molecule has 1 unspecified atom stereocenters. The number of hydrogen-bond donors (Lipinski definition) is 1. The first-order valence-electron chi connectivity index (χ1n) is 9.89. The number of nitrogens with zero attached hydrogens (tertiary/aromatic N) is 2. The maximum Gasteiger partial charge on any atom is 0.410 e. The molecule has 6 nitrogen and oxygen atoms in total. The minimum absolute atomic E-state index is 0.129. The van der Waals surface area contributed by atoms with Gasteiger partial charge in [0, 0.05) is 19.6 Å². The third-order valence-electron chi connectivity index (χ3n) is 4.96. The molecule has 1 aliphatic heterocycles. The minimum Gasteiger partial charge on any atom is -0.444 e. The van der Waals surface area contributed by atoms with Gasteiger partial charge in [-0.2, -0.15) is 0 Å². The standard InChI is InChI=1S/C23H29N3O3/c1-23(2,3)29-22(28)25-14-15-26(19(16-25)21(24)27)20(17-10-6-4-7-11-17)18-12-8-5-9-13-18/h4-13,19-20H,14-16H2,1-3H3,(H2,24,27). The molecule has 0 bridgehead atoms. The van der Waals surface area contributed by atoms with Gasteiger partial charge in [-0.15, -0.1) is 0 Å². The lowest BCUT2D eigenvalue weighted by molar-refractivity contribution is -0.126. The Hall–Kier alpha value is -2.86. The summed E-state index contributed by atoms with van der Waals surface area (Å²) in [6.45, 7) is 6.67. The Morgan fingerprint density at radius 1 is 0.966 bits per heavy atom. The van der Waals surface area contributed by atoms with Crippen molar-refractivity contribution in [2.45, 2.75) is 38.5 Å². The van der Waals surface area contributed by atoms with Crippen LogP contribution in [0.1, 0.15) is 37.9 Å². The molecule has 2 N–H and O–H groups in total. The molecular formula is C23H29N3O3. The van der Waals surface area contributed by atoms with E-state index in [-0.39, 0.29) is 12.6 Å². The molecule has 0 saturated carbocycles. The Kier molecular flexibility index (Phi) is 6.23. The summed E-state index contributed by atoms with van der Waals surface area (Å²) in [7, 11) is 0. The highest BCUT2D eigenvalue weighted by Crippen LogP contribution is 2.32. The third kappa shape index (κ3) is 5.15. The summed E-state index contributed by atoms with van der Waals surface area (Å²) in [6, 6.07) is 19.4. The lowest BCUT2D eigenvalue weighted by Crippen LogP contribution is -2.60. The monoisotopic (exact) mass is 395 g/mol. The fourth-order valence-corrected chi connectivity index (χ4v) is 3.70. The van der Waals surface area contributed by atoms with Crippen LogP contribution in [0.2, 0.25) is 0 Å². The van der Waals surface area contributed by atoms with E-state index in [9.17, 15) is 9.59 Å². The average molecular weight is 396 g/mol. The summed E-state index contributed by atoms with van der Waals surface area (Å²) in [5.74, 6) is -0.449. The first-order chi connectivity index (χ1) is 13.8. The number of carbonyl (C=O) groups excluding carboxylic acids is 2. The Bertz CT molecular complexity index is 794. The van der Waals surface area contributed by atoms with E-state index in [4.69, 9.17) is 10.5 Å². The van der Waals surface area contributed by atoms with Crippen LogP contribution in [-0.2, 0) is 9.53 Å². The molecule has 29 heavy (non-hydrogen) atoms. The lowest BCUT2D eigenvalue weighted by atomic mass is 9.94. The number of piperazine rings is 1. The Morgan fingerprint density at radius 2 is 1.48 bits per heavy atom. The van der Waals surface area contributed by atoms with Gasteiger partial charge in [0.25, 0.3) is 0 Å². The quantitative estimate of drug-likeness (QED) is 0.863. The molecule has 154 valence electrons. The van der Waals surface area contributed by atoms with Gasteiger partial charge in [0.05, 0.1) is 6.04 Å². The maximum atomic E-state index is 12.5. The lowest BCUT2D eigenvalue weighted by Gasteiger charge is -2.44. The number of benzene rings is 2. The summed E-state index contributed by atoms with van der Waals surface area (Å²) < 4.78 is 5.49. The van der Waals surface area contributed by atoms with Crippen LogP contribution in [-0.4, -0.2) is 53.1 Å². The van der Waals surface area contributed by atoms with Gasteiger partial charge in [-0.05, 0) is 31.9 Å². The second kappa shape index (κ2) is 8.66. The van der Waals surface area contributed by atoms with E-state index in [1.807, 2.05) is 57.2 Å². The molecule has 1 aliphatic rings. The zero-order valence-corrected chi connectivity index (χ0v) is 17.2. The topological polar surface area (TPSA) is 75.9 Å². The molecule has 0 radical (unpaired) electrons. The van der Waals surface area contributed by atoms with E-state index in [1.54, 1.807) is 4.90 Å². The molecule has 2 aromatic carbocycles. The van der Waals surface area contributed by atoms with Crippen LogP contribution in [0.5, 0.6) is 0 Å². The Balaban J connectivity index is 1.90.